The van der Waals surface area contributed by atoms with Crippen LogP contribution in [0.2, 0.25) is 0 Å². The second-order valence-corrected chi connectivity index (χ2v) is 19.6. The van der Waals surface area contributed by atoms with E-state index in [2.05, 4.69) is 0 Å². The molecule has 1 aliphatic carbocycles. The largest absolute Gasteiger partial charge is 0.460 e. The molecule has 3 N–H and O–H groups in total. The molecule has 64 heavy (non-hydrogen) atoms. The SMILES string of the molecule is CO[C@H]1C[C@@H]2CC[C@@H](C)[C@@](O)(O2)C(=O)C(=O)N2CCC3C[C@H]2C(=O)O[C@@H](CC(=O)[C@H](C)/C=C(\C)[C@@H](O)[C@@H](OC)C(=O)[C@H](C)C[C@H](C)/C=C/C=C/C=C1C)[C@H]3C[C@@H]1CC[C@@H](O)[C@H](OC)C1. The van der Waals surface area contributed by atoms with Gasteiger partial charge in [0.15, 0.2) is 5.78 Å². The number of rotatable bonds is 5. The van der Waals surface area contributed by atoms with E-state index in [1.807, 2.05) is 51.2 Å². The van der Waals surface area contributed by atoms with Crippen molar-refractivity contribution in [2.75, 3.05) is 27.9 Å². The molecule has 0 aromatic heterocycles. The first-order valence-electron chi connectivity index (χ1n) is 23.5. The number of Topliss-reactive ketones (excluding diaryl/α,β-unsaturated/α-hetero) is 3. The lowest BCUT2D eigenvalue weighted by Crippen LogP contribution is -2.61. The summed E-state index contributed by atoms with van der Waals surface area (Å²) in [6, 6.07) is -1.12. The summed E-state index contributed by atoms with van der Waals surface area (Å²) in [6.45, 7) is 10.8. The number of carbonyl (C=O) groups excluding carboxylic acids is 5. The minimum absolute atomic E-state index is 0.0230. The normalized spacial score (nSPS) is 42.3. The van der Waals surface area contributed by atoms with Crippen LogP contribution in [0.15, 0.2) is 47.6 Å². The fourth-order valence-electron chi connectivity index (χ4n) is 10.8. The Labute approximate surface area is 379 Å². The van der Waals surface area contributed by atoms with Crippen LogP contribution >= 0.6 is 0 Å². The first kappa shape index (κ1) is 51.6. The molecule has 0 spiro atoms. The number of methoxy groups -OCH3 is 3. The van der Waals surface area contributed by atoms with Crippen molar-refractivity contribution in [3.8, 4) is 0 Å². The smallest absolute Gasteiger partial charge is 0.329 e. The Morgan fingerprint density at radius 3 is 2.25 bits per heavy atom. The van der Waals surface area contributed by atoms with Gasteiger partial charge in [-0.25, -0.2) is 4.79 Å². The highest BCUT2D eigenvalue weighted by molar-refractivity contribution is 6.39. The van der Waals surface area contributed by atoms with E-state index in [4.69, 9.17) is 23.7 Å². The van der Waals surface area contributed by atoms with E-state index in [1.165, 1.54) is 12.0 Å². The zero-order valence-corrected chi connectivity index (χ0v) is 39.5. The lowest BCUT2D eigenvalue weighted by molar-refractivity contribution is -0.265. The zero-order valence-electron chi connectivity index (χ0n) is 39.5. The molecule has 5 aliphatic rings. The molecule has 4 fully saturated rings. The van der Waals surface area contributed by atoms with E-state index in [0.717, 1.165) is 12.0 Å². The van der Waals surface area contributed by atoms with Crippen LogP contribution in [0.5, 0.6) is 0 Å². The molecule has 4 heterocycles. The summed E-state index contributed by atoms with van der Waals surface area (Å²) >= 11 is 0. The number of nitrogens with zero attached hydrogens (tertiary/aromatic N) is 1. The number of hydrogen-bond donors (Lipinski definition) is 3. The molecule has 1 unspecified atom stereocenters. The average Bonchev–Trinajstić information content (AvgIpc) is 3.36. The number of aliphatic hydroxyl groups is 3. The Hall–Kier alpha value is -3.37. The maximum absolute atomic E-state index is 14.3. The van der Waals surface area contributed by atoms with Gasteiger partial charge in [-0.05, 0) is 106 Å². The molecule has 5 bridgehead atoms. The number of ether oxygens (including phenoxy) is 5. The van der Waals surface area contributed by atoms with Crippen molar-refractivity contribution in [3.05, 3.63) is 47.6 Å². The number of amides is 1. The molecule has 358 valence electrons. The summed E-state index contributed by atoms with van der Waals surface area (Å²) in [4.78, 5) is 71.8. The number of esters is 1. The molecule has 4 aliphatic heterocycles. The first-order chi connectivity index (χ1) is 30.3. The monoisotopic (exact) mass is 898 g/mol. The summed E-state index contributed by atoms with van der Waals surface area (Å²) in [5, 5.41) is 34.0. The van der Waals surface area contributed by atoms with Gasteiger partial charge in [-0.2, -0.15) is 0 Å². The van der Waals surface area contributed by atoms with Gasteiger partial charge < -0.3 is 43.9 Å². The second-order valence-electron chi connectivity index (χ2n) is 19.6. The van der Waals surface area contributed by atoms with Gasteiger partial charge in [-0.3, -0.25) is 19.2 Å². The molecule has 14 heteroatoms. The van der Waals surface area contributed by atoms with Crippen molar-refractivity contribution in [2.24, 2.45) is 41.4 Å². The topological polar surface area (TPSA) is 195 Å². The second kappa shape index (κ2) is 22.9. The van der Waals surface area contributed by atoms with Gasteiger partial charge in [0.25, 0.3) is 11.7 Å². The lowest BCUT2D eigenvalue weighted by atomic mass is 9.71. The van der Waals surface area contributed by atoms with Gasteiger partial charge >= 0.3 is 5.97 Å². The predicted molar refractivity (Wildman–Crippen MR) is 238 cm³/mol. The Morgan fingerprint density at radius 1 is 0.828 bits per heavy atom. The molecular weight excluding hydrogens is 823 g/mol. The van der Waals surface area contributed by atoms with E-state index in [9.17, 15) is 39.3 Å². The number of aliphatic hydroxyl groups excluding tert-OH is 2. The highest BCUT2D eigenvalue weighted by Gasteiger charge is 2.55. The molecule has 0 aromatic carbocycles. The first-order valence-corrected chi connectivity index (χ1v) is 23.5. The van der Waals surface area contributed by atoms with E-state index in [0.29, 0.717) is 56.9 Å². The fraction of sp³-hybridized carbons (Fsp3) is 0.740. The van der Waals surface area contributed by atoms with Crippen molar-refractivity contribution >= 4 is 29.2 Å². The Bertz CT molecular complexity index is 1790. The minimum Gasteiger partial charge on any atom is -0.460 e. The molecule has 16 atom stereocenters. The lowest BCUT2D eigenvalue weighted by Gasteiger charge is -2.43. The van der Waals surface area contributed by atoms with Crippen LogP contribution in [-0.4, -0.2) is 132 Å². The van der Waals surface area contributed by atoms with Crippen LogP contribution in [0.3, 0.4) is 0 Å². The van der Waals surface area contributed by atoms with Crippen LogP contribution in [-0.2, 0) is 47.7 Å². The Kier molecular flexibility index (Phi) is 18.5. The van der Waals surface area contributed by atoms with Crippen LogP contribution < -0.4 is 0 Å². The highest BCUT2D eigenvalue weighted by Crippen LogP contribution is 2.44. The number of allylic oxidation sites excluding steroid dienone is 6. The van der Waals surface area contributed by atoms with Crippen molar-refractivity contribution in [1.29, 1.82) is 0 Å². The van der Waals surface area contributed by atoms with Gasteiger partial charge in [0.1, 0.15) is 30.1 Å². The van der Waals surface area contributed by atoms with Crippen LogP contribution in [0.4, 0.5) is 0 Å². The minimum atomic E-state index is -2.42. The molecule has 0 radical (unpaired) electrons. The predicted octanol–water partition coefficient (Wildman–Crippen LogP) is 5.40. The summed E-state index contributed by atoms with van der Waals surface area (Å²) in [6.07, 6.45) is 10.7. The quantitative estimate of drug-likeness (QED) is 0.181. The number of carbonyl (C=O) groups is 5. The number of fused-ring (bicyclic) bond motifs is 5. The molecule has 14 nitrogen and oxygen atoms in total. The molecule has 1 amide bonds. The van der Waals surface area contributed by atoms with Gasteiger partial charge in [0.2, 0.25) is 5.79 Å². The Balaban J connectivity index is 1.49. The molecule has 1 saturated carbocycles. The summed E-state index contributed by atoms with van der Waals surface area (Å²) in [5.41, 5.74) is 1.28. The van der Waals surface area contributed by atoms with Gasteiger partial charge in [-0.1, -0.05) is 64.2 Å². The number of piperidine rings is 1. The van der Waals surface area contributed by atoms with Crippen molar-refractivity contribution in [2.45, 2.75) is 167 Å². The van der Waals surface area contributed by atoms with Gasteiger partial charge in [-0.15, -0.1) is 0 Å². The number of ketones is 3. The van der Waals surface area contributed by atoms with Gasteiger partial charge in [0, 0.05) is 58.5 Å². The van der Waals surface area contributed by atoms with Crippen LogP contribution in [0.25, 0.3) is 0 Å². The average molecular weight is 898 g/mol. The maximum atomic E-state index is 14.3. The fourth-order valence-corrected chi connectivity index (χ4v) is 10.8. The summed E-state index contributed by atoms with van der Waals surface area (Å²) in [5.74, 6) is -7.96. The van der Waals surface area contributed by atoms with E-state index < -0.39 is 83.9 Å². The maximum Gasteiger partial charge on any atom is 0.329 e. The highest BCUT2D eigenvalue weighted by atomic mass is 16.6. The standard InChI is InChI=1S/C50H75NO13/c1-28-13-11-10-12-14-29(2)41(60-7)26-36-17-15-33(6)50(59,64-36)47(56)48(57)51-20-19-35-25-38(51)49(58)63-42(37(35)23-34-16-18-39(52)43(24-34)61-8)27-40(53)30(3)22-32(5)45(55)46(62-9)44(54)31(4)21-28/h10-14,22,28,30-31,33-39,41-43,45-46,52,55,59H,15-21,23-27H2,1-9H3/b12-10+,13-11+,29-14?,32-22+/t28-,30-,31-,33-,34+,35?,36+,37+,38+,39-,41+,42+,43-,45-,46+,50-/m1/s1. The van der Waals surface area contributed by atoms with Crippen molar-refractivity contribution in [3.63, 3.8) is 0 Å². The van der Waals surface area contributed by atoms with Crippen molar-refractivity contribution < 1.29 is 63.0 Å². The molecule has 3 saturated heterocycles. The third-order valence-electron chi connectivity index (χ3n) is 15.0. The molecule has 0 aromatic rings. The summed E-state index contributed by atoms with van der Waals surface area (Å²) < 4.78 is 29.4. The van der Waals surface area contributed by atoms with E-state index in [1.54, 1.807) is 41.1 Å². The molecular formula is C50H75NO13. The van der Waals surface area contributed by atoms with Gasteiger partial charge in [0.05, 0.1) is 24.4 Å². The van der Waals surface area contributed by atoms with E-state index >= 15 is 0 Å². The summed E-state index contributed by atoms with van der Waals surface area (Å²) in [7, 11) is 4.53. The Morgan fingerprint density at radius 2 is 1.56 bits per heavy atom. The third-order valence-corrected chi connectivity index (χ3v) is 15.0. The van der Waals surface area contributed by atoms with Crippen molar-refractivity contribution in [1.82, 2.24) is 4.90 Å². The zero-order chi connectivity index (χ0) is 47.0. The van der Waals surface area contributed by atoms with Crippen LogP contribution in [0.1, 0.15) is 112 Å². The van der Waals surface area contributed by atoms with E-state index in [-0.39, 0.29) is 60.7 Å². The van der Waals surface area contributed by atoms with Crippen LogP contribution in [0, 0.1) is 41.4 Å². The number of hydrogen-bond acceptors (Lipinski definition) is 13. The third kappa shape index (κ3) is 12.1. The molecule has 5 rings (SSSR count).